The Balaban J connectivity index is 3.51. The standard InChI is InChI=1S/C11H17BrN2O2/c1-6(2)14-9(12)7(11(3,4)5)8(13-14)10(15)16/h6H,1-5H3,(H,15,16). The average Bonchev–Trinajstić information content (AvgIpc) is 2.41. The van der Waals surface area contributed by atoms with E-state index in [4.69, 9.17) is 5.11 Å². The lowest BCUT2D eigenvalue weighted by molar-refractivity contribution is 0.0686. The molecule has 0 unspecified atom stereocenters. The second-order valence-electron chi connectivity index (χ2n) is 5.11. The summed E-state index contributed by atoms with van der Waals surface area (Å²) < 4.78 is 2.46. The SMILES string of the molecule is CC(C)n1nc(C(=O)O)c(C(C)(C)C)c1Br. The molecule has 1 rings (SSSR count). The molecule has 0 saturated heterocycles. The lowest BCUT2D eigenvalue weighted by Gasteiger charge is -2.18. The van der Waals surface area contributed by atoms with Crippen LogP contribution in [0.2, 0.25) is 0 Å². The van der Waals surface area contributed by atoms with Crippen molar-refractivity contribution in [1.82, 2.24) is 9.78 Å². The van der Waals surface area contributed by atoms with Gasteiger partial charge in [-0.3, -0.25) is 4.68 Å². The van der Waals surface area contributed by atoms with Gasteiger partial charge in [-0.25, -0.2) is 4.79 Å². The number of nitrogens with zero attached hydrogens (tertiary/aromatic N) is 2. The Labute approximate surface area is 104 Å². The maximum atomic E-state index is 11.2. The monoisotopic (exact) mass is 288 g/mol. The van der Waals surface area contributed by atoms with E-state index in [9.17, 15) is 4.79 Å². The number of hydrogen-bond donors (Lipinski definition) is 1. The summed E-state index contributed by atoms with van der Waals surface area (Å²) in [6.45, 7) is 9.87. The molecule has 0 aliphatic carbocycles. The quantitative estimate of drug-likeness (QED) is 0.909. The number of aromatic carboxylic acids is 1. The topological polar surface area (TPSA) is 55.1 Å². The van der Waals surface area contributed by atoms with Crippen LogP contribution in [0.1, 0.15) is 56.7 Å². The molecule has 4 nitrogen and oxygen atoms in total. The molecular formula is C11H17BrN2O2. The Bertz CT molecular complexity index is 416. The number of aromatic nitrogens is 2. The van der Waals surface area contributed by atoms with Crippen molar-refractivity contribution in [3.8, 4) is 0 Å². The first-order valence-electron chi connectivity index (χ1n) is 5.18. The molecule has 0 aliphatic rings. The van der Waals surface area contributed by atoms with E-state index >= 15 is 0 Å². The van der Waals surface area contributed by atoms with E-state index in [1.807, 2.05) is 34.6 Å². The molecule has 1 aromatic rings. The van der Waals surface area contributed by atoms with Gasteiger partial charge in [0.2, 0.25) is 0 Å². The molecule has 0 spiro atoms. The fraction of sp³-hybridized carbons (Fsp3) is 0.636. The Morgan fingerprint density at radius 2 is 1.94 bits per heavy atom. The summed E-state index contributed by atoms with van der Waals surface area (Å²) in [5, 5.41) is 13.3. The number of rotatable bonds is 2. The van der Waals surface area contributed by atoms with Crippen LogP contribution in [-0.2, 0) is 5.41 Å². The van der Waals surface area contributed by atoms with Gasteiger partial charge in [0.05, 0.1) is 0 Å². The predicted octanol–water partition coefficient (Wildman–Crippen LogP) is 3.22. The highest BCUT2D eigenvalue weighted by molar-refractivity contribution is 9.10. The molecule has 1 aromatic heterocycles. The second kappa shape index (κ2) is 4.20. The van der Waals surface area contributed by atoms with Crippen molar-refractivity contribution in [3.05, 3.63) is 15.9 Å². The number of carboxylic acids is 1. The third-order valence-corrected chi connectivity index (χ3v) is 3.05. The van der Waals surface area contributed by atoms with Gasteiger partial charge in [-0.15, -0.1) is 0 Å². The van der Waals surface area contributed by atoms with Crippen molar-refractivity contribution in [2.45, 2.75) is 46.1 Å². The van der Waals surface area contributed by atoms with Gasteiger partial charge in [-0.1, -0.05) is 20.8 Å². The molecule has 0 aliphatic heterocycles. The van der Waals surface area contributed by atoms with Crippen molar-refractivity contribution in [3.63, 3.8) is 0 Å². The summed E-state index contributed by atoms with van der Waals surface area (Å²) in [7, 11) is 0. The molecule has 90 valence electrons. The highest BCUT2D eigenvalue weighted by Gasteiger charge is 2.30. The summed E-state index contributed by atoms with van der Waals surface area (Å²) in [6.07, 6.45) is 0. The summed E-state index contributed by atoms with van der Waals surface area (Å²) in [5.74, 6) is -0.981. The first-order chi connectivity index (χ1) is 7.16. The van der Waals surface area contributed by atoms with Gasteiger partial charge in [-0.2, -0.15) is 5.10 Å². The van der Waals surface area contributed by atoms with Gasteiger partial charge >= 0.3 is 5.97 Å². The van der Waals surface area contributed by atoms with Crippen LogP contribution < -0.4 is 0 Å². The maximum Gasteiger partial charge on any atom is 0.356 e. The van der Waals surface area contributed by atoms with E-state index in [1.54, 1.807) is 4.68 Å². The molecule has 1 N–H and O–H groups in total. The number of halogens is 1. The van der Waals surface area contributed by atoms with Crippen molar-refractivity contribution in [2.24, 2.45) is 0 Å². The minimum Gasteiger partial charge on any atom is -0.476 e. The smallest absolute Gasteiger partial charge is 0.356 e. The first kappa shape index (κ1) is 13.2. The predicted molar refractivity (Wildman–Crippen MR) is 66.0 cm³/mol. The third-order valence-electron chi connectivity index (χ3n) is 2.29. The van der Waals surface area contributed by atoms with Crippen LogP contribution >= 0.6 is 15.9 Å². The van der Waals surface area contributed by atoms with E-state index in [-0.39, 0.29) is 17.2 Å². The van der Waals surface area contributed by atoms with Crippen LogP contribution in [0.15, 0.2) is 4.60 Å². The van der Waals surface area contributed by atoms with Crippen molar-refractivity contribution >= 4 is 21.9 Å². The Morgan fingerprint density at radius 3 is 2.19 bits per heavy atom. The largest absolute Gasteiger partial charge is 0.476 e. The molecule has 0 radical (unpaired) electrons. The van der Waals surface area contributed by atoms with Gasteiger partial charge in [0.1, 0.15) is 4.60 Å². The zero-order chi connectivity index (χ0) is 12.7. The van der Waals surface area contributed by atoms with Gasteiger partial charge in [-0.05, 0) is 35.2 Å². The Morgan fingerprint density at radius 1 is 1.44 bits per heavy atom. The van der Waals surface area contributed by atoms with Gasteiger partial charge in [0.15, 0.2) is 5.69 Å². The third kappa shape index (κ3) is 2.29. The summed E-state index contributed by atoms with van der Waals surface area (Å²) in [6, 6.07) is 0.128. The minimum atomic E-state index is -0.981. The number of carboxylic acid groups (broad SMARTS) is 1. The zero-order valence-corrected chi connectivity index (χ0v) is 11.8. The van der Waals surface area contributed by atoms with E-state index in [0.717, 1.165) is 10.2 Å². The molecule has 0 atom stereocenters. The van der Waals surface area contributed by atoms with Gasteiger partial charge in [0, 0.05) is 11.6 Å². The highest BCUT2D eigenvalue weighted by atomic mass is 79.9. The van der Waals surface area contributed by atoms with Crippen molar-refractivity contribution in [2.75, 3.05) is 0 Å². The molecular weight excluding hydrogens is 272 g/mol. The normalized spacial score (nSPS) is 12.2. The molecule has 0 fully saturated rings. The molecule has 0 amide bonds. The van der Waals surface area contributed by atoms with E-state index in [1.165, 1.54) is 0 Å². The molecule has 1 heterocycles. The molecule has 5 heteroatoms. The molecule has 0 aromatic carbocycles. The average molecular weight is 289 g/mol. The van der Waals surface area contributed by atoms with E-state index in [0.29, 0.717) is 0 Å². The first-order valence-corrected chi connectivity index (χ1v) is 5.97. The van der Waals surface area contributed by atoms with Gasteiger partial charge in [0.25, 0.3) is 0 Å². The van der Waals surface area contributed by atoms with Crippen LogP contribution in [-0.4, -0.2) is 20.9 Å². The Kier molecular flexibility index (Phi) is 3.47. The van der Waals surface area contributed by atoms with E-state index in [2.05, 4.69) is 21.0 Å². The zero-order valence-electron chi connectivity index (χ0n) is 10.2. The number of carbonyl (C=O) groups is 1. The lowest BCUT2D eigenvalue weighted by Crippen LogP contribution is -2.16. The van der Waals surface area contributed by atoms with Crippen LogP contribution in [0.3, 0.4) is 0 Å². The van der Waals surface area contributed by atoms with Crippen LogP contribution in [0, 0.1) is 0 Å². The second-order valence-corrected chi connectivity index (χ2v) is 5.86. The summed E-state index contributed by atoms with van der Waals surface area (Å²) in [5.41, 5.74) is 0.626. The Hall–Kier alpha value is -0.840. The summed E-state index contributed by atoms with van der Waals surface area (Å²) in [4.78, 5) is 11.2. The molecule has 0 saturated carbocycles. The van der Waals surface area contributed by atoms with Crippen LogP contribution in [0.25, 0.3) is 0 Å². The fourth-order valence-electron chi connectivity index (χ4n) is 1.57. The fourth-order valence-corrected chi connectivity index (χ4v) is 2.84. The minimum absolute atomic E-state index is 0.128. The van der Waals surface area contributed by atoms with Gasteiger partial charge < -0.3 is 5.11 Å². The van der Waals surface area contributed by atoms with E-state index < -0.39 is 5.97 Å². The summed E-state index contributed by atoms with van der Waals surface area (Å²) >= 11 is 3.44. The lowest BCUT2D eigenvalue weighted by atomic mass is 9.87. The highest BCUT2D eigenvalue weighted by Crippen LogP contribution is 2.34. The van der Waals surface area contributed by atoms with Crippen molar-refractivity contribution in [1.29, 1.82) is 0 Å². The molecule has 0 bridgehead atoms. The number of hydrogen-bond acceptors (Lipinski definition) is 2. The maximum absolute atomic E-state index is 11.2. The van der Waals surface area contributed by atoms with Crippen LogP contribution in [0.4, 0.5) is 0 Å². The van der Waals surface area contributed by atoms with Crippen LogP contribution in [0.5, 0.6) is 0 Å². The molecule has 16 heavy (non-hydrogen) atoms. The van der Waals surface area contributed by atoms with Crippen molar-refractivity contribution < 1.29 is 9.90 Å².